The van der Waals surface area contributed by atoms with Crippen LogP contribution in [0.15, 0.2) is 36.4 Å². The molecule has 0 amide bonds. The predicted molar refractivity (Wildman–Crippen MR) is 73.9 cm³/mol. The molecule has 0 unspecified atom stereocenters. The Morgan fingerprint density at radius 3 is 2.76 bits per heavy atom. The molecule has 2 aromatic rings. The van der Waals surface area contributed by atoms with Crippen LogP contribution in [-0.2, 0) is 6.61 Å². The van der Waals surface area contributed by atoms with Gasteiger partial charge < -0.3 is 9.84 Å². The maximum atomic E-state index is 13.2. The number of hydrogen-bond acceptors (Lipinski definition) is 3. The molecule has 1 N–H and O–H groups in total. The van der Waals surface area contributed by atoms with Crippen molar-refractivity contribution in [2.45, 2.75) is 6.61 Å². The van der Waals surface area contributed by atoms with Crippen molar-refractivity contribution < 1.29 is 19.0 Å². The van der Waals surface area contributed by atoms with E-state index < -0.39 is 11.8 Å². The summed E-state index contributed by atoms with van der Waals surface area (Å²) in [6.45, 7) is -0.00438. The second-order valence-electron chi connectivity index (χ2n) is 4.16. The van der Waals surface area contributed by atoms with Crippen LogP contribution in [0.4, 0.5) is 4.39 Å². The maximum absolute atomic E-state index is 13.2. The Bertz CT molecular complexity index is 740. The lowest BCUT2D eigenvalue weighted by Gasteiger charge is -2.10. The Balaban J connectivity index is 2.22. The van der Waals surface area contributed by atoms with Crippen LogP contribution in [0.5, 0.6) is 5.75 Å². The zero-order valence-corrected chi connectivity index (χ0v) is 11.4. The number of hydrogen-bond donors (Lipinski definition) is 1. The number of carbonyl (C=O) groups is 1. The highest BCUT2D eigenvalue weighted by atomic mass is 35.5. The van der Waals surface area contributed by atoms with Crippen LogP contribution in [0.1, 0.15) is 21.5 Å². The van der Waals surface area contributed by atoms with Gasteiger partial charge in [-0.2, -0.15) is 5.26 Å². The maximum Gasteiger partial charge on any atom is 0.339 e. The number of aromatic carboxylic acids is 1. The van der Waals surface area contributed by atoms with E-state index in [1.807, 2.05) is 0 Å². The first-order valence-electron chi connectivity index (χ1n) is 5.85. The van der Waals surface area contributed by atoms with Gasteiger partial charge in [-0.1, -0.05) is 17.7 Å². The van der Waals surface area contributed by atoms with Crippen molar-refractivity contribution >= 4 is 17.6 Å². The highest BCUT2D eigenvalue weighted by Crippen LogP contribution is 2.24. The standard InChI is InChI=1S/C15H9ClFNO3/c16-11-2-3-12(15(19)20)14(6-11)21-8-9-1-4-13(17)10(5-9)7-18/h1-6H,8H2,(H,19,20). The van der Waals surface area contributed by atoms with Crippen molar-refractivity contribution in [3.63, 3.8) is 0 Å². The lowest BCUT2D eigenvalue weighted by atomic mass is 10.1. The summed E-state index contributed by atoms with van der Waals surface area (Å²) < 4.78 is 18.6. The summed E-state index contributed by atoms with van der Waals surface area (Å²) >= 11 is 5.81. The Morgan fingerprint density at radius 1 is 1.33 bits per heavy atom. The Labute approximate surface area is 125 Å². The highest BCUT2D eigenvalue weighted by Gasteiger charge is 2.12. The molecule has 0 atom stereocenters. The van der Waals surface area contributed by atoms with E-state index in [1.165, 1.54) is 30.3 Å². The van der Waals surface area contributed by atoms with Crippen molar-refractivity contribution in [3.8, 4) is 11.8 Å². The first kappa shape index (κ1) is 14.8. The van der Waals surface area contributed by atoms with Crippen molar-refractivity contribution in [2.75, 3.05) is 0 Å². The number of rotatable bonds is 4. The van der Waals surface area contributed by atoms with E-state index in [0.29, 0.717) is 10.6 Å². The summed E-state index contributed by atoms with van der Waals surface area (Å²) in [5.74, 6) is -1.65. The molecule has 0 aliphatic rings. The van der Waals surface area contributed by atoms with Crippen LogP contribution in [-0.4, -0.2) is 11.1 Å². The Kier molecular flexibility index (Phi) is 4.41. The van der Waals surface area contributed by atoms with Crippen molar-refractivity contribution in [2.24, 2.45) is 0 Å². The molecule has 0 aliphatic carbocycles. The molecule has 0 spiro atoms. The van der Waals surface area contributed by atoms with Crippen LogP contribution in [0.25, 0.3) is 0 Å². The van der Waals surface area contributed by atoms with E-state index in [-0.39, 0.29) is 23.5 Å². The van der Waals surface area contributed by atoms with Gasteiger partial charge >= 0.3 is 5.97 Å². The lowest BCUT2D eigenvalue weighted by Crippen LogP contribution is -2.03. The van der Waals surface area contributed by atoms with Gasteiger partial charge in [-0.3, -0.25) is 0 Å². The average Bonchev–Trinajstić information content (AvgIpc) is 2.46. The summed E-state index contributed by atoms with van der Waals surface area (Å²) in [5, 5.41) is 18.2. The molecular formula is C15H9ClFNO3. The first-order chi connectivity index (χ1) is 10.0. The molecule has 2 rings (SSSR count). The van der Waals surface area contributed by atoms with Gasteiger partial charge in [0.1, 0.15) is 29.8 Å². The molecule has 0 aromatic heterocycles. The van der Waals surface area contributed by atoms with E-state index in [0.717, 1.165) is 6.07 Å². The van der Waals surface area contributed by atoms with E-state index >= 15 is 0 Å². The normalized spacial score (nSPS) is 9.95. The second-order valence-corrected chi connectivity index (χ2v) is 4.60. The van der Waals surface area contributed by atoms with Crippen LogP contribution >= 0.6 is 11.6 Å². The first-order valence-corrected chi connectivity index (χ1v) is 6.23. The monoisotopic (exact) mass is 305 g/mol. The Hall–Kier alpha value is -2.58. The van der Waals surface area contributed by atoms with E-state index in [2.05, 4.69) is 0 Å². The SMILES string of the molecule is N#Cc1cc(COc2cc(Cl)ccc2C(=O)O)ccc1F. The molecule has 0 saturated carbocycles. The van der Waals surface area contributed by atoms with Crippen molar-refractivity contribution in [3.05, 3.63) is 63.9 Å². The number of carboxylic acids is 1. The summed E-state index contributed by atoms with van der Waals surface area (Å²) in [6.07, 6.45) is 0. The van der Waals surface area contributed by atoms with Crippen molar-refractivity contribution in [1.29, 1.82) is 5.26 Å². The molecule has 106 valence electrons. The number of carboxylic acid groups (broad SMARTS) is 1. The molecular weight excluding hydrogens is 297 g/mol. The number of ether oxygens (including phenoxy) is 1. The van der Waals surface area contributed by atoms with Crippen LogP contribution < -0.4 is 4.74 Å². The summed E-state index contributed by atoms with van der Waals surface area (Å²) in [6, 6.07) is 9.87. The molecule has 21 heavy (non-hydrogen) atoms. The van der Waals surface area contributed by atoms with Gasteiger partial charge in [0.15, 0.2) is 0 Å². The molecule has 0 radical (unpaired) electrons. The lowest BCUT2D eigenvalue weighted by molar-refractivity contribution is 0.0692. The molecule has 0 saturated heterocycles. The number of nitriles is 1. The third kappa shape index (κ3) is 3.50. The molecule has 4 nitrogen and oxygen atoms in total. The fraction of sp³-hybridized carbons (Fsp3) is 0.0667. The van der Waals surface area contributed by atoms with E-state index in [9.17, 15) is 9.18 Å². The number of nitrogens with zero attached hydrogens (tertiary/aromatic N) is 1. The second kappa shape index (κ2) is 6.25. The van der Waals surface area contributed by atoms with E-state index in [1.54, 1.807) is 6.07 Å². The summed E-state index contributed by atoms with van der Waals surface area (Å²) in [5.41, 5.74) is 0.423. The zero-order valence-electron chi connectivity index (χ0n) is 10.6. The van der Waals surface area contributed by atoms with Gasteiger partial charge in [-0.15, -0.1) is 0 Å². The topological polar surface area (TPSA) is 70.3 Å². The third-order valence-corrected chi connectivity index (χ3v) is 2.95. The van der Waals surface area contributed by atoms with Crippen LogP contribution in [0.3, 0.4) is 0 Å². The smallest absolute Gasteiger partial charge is 0.339 e. The molecule has 6 heteroatoms. The highest BCUT2D eigenvalue weighted by molar-refractivity contribution is 6.30. The minimum Gasteiger partial charge on any atom is -0.488 e. The van der Waals surface area contributed by atoms with Gasteiger partial charge in [-0.05, 0) is 35.9 Å². The van der Waals surface area contributed by atoms with E-state index in [4.69, 9.17) is 26.7 Å². The molecule has 2 aromatic carbocycles. The van der Waals surface area contributed by atoms with Gasteiger partial charge in [0, 0.05) is 5.02 Å². The number of halogens is 2. The number of benzene rings is 2. The van der Waals surface area contributed by atoms with Crippen LogP contribution in [0, 0.1) is 17.1 Å². The summed E-state index contributed by atoms with van der Waals surface area (Å²) in [7, 11) is 0. The minimum absolute atomic E-state index is 0.00438. The quantitative estimate of drug-likeness (QED) is 0.936. The fourth-order valence-corrected chi connectivity index (χ4v) is 1.86. The average molecular weight is 306 g/mol. The van der Waals surface area contributed by atoms with Crippen LogP contribution in [0.2, 0.25) is 5.02 Å². The molecule has 0 heterocycles. The van der Waals surface area contributed by atoms with Gasteiger partial charge in [-0.25, -0.2) is 9.18 Å². The fourth-order valence-electron chi connectivity index (χ4n) is 1.70. The van der Waals surface area contributed by atoms with Gasteiger partial charge in [0.05, 0.1) is 5.56 Å². The minimum atomic E-state index is -1.14. The largest absolute Gasteiger partial charge is 0.488 e. The zero-order chi connectivity index (χ0) is 15.4. The molecule has 0 bridgehead atoms. The molecule has 0 fully saturated rings. The van der Waals surface area contributed by atoms with Crippen molar-refractivity contribution in [1.82, 2.24) is 0 Å². The third-order valence-electron chi connectivity index (χ3n) is 2.72. The van der Waals surface area contributed by atoms with Gasteiger partial charge in [0.2, 0.25) is 0 Å². The van der Waals surface area contributed by atoms with Gasteiger partial charge in [0.25, 0.3) is 0 Å². The Morgan fingerprint density at radius 2 is 2.10 bits per heavy atom. The molecule has 0 aliphatic heterocycles. The predicted octanol–water partition coefficient (Wildman–Crippen LogP) is 3.63. The summed E-state index contributed by atoms with van der Waals surface area (Å²) in [4.78, 5) is 11.1.